The van der Waals surface area contributed by atoms with Gasteiger partial charge in [-0.3, -0.25) is 19.2 Å². The van der Waals surface area contributed by atoms with Crippen LogP contribution in [0.3, 0.4) is 0 Å². The van der Waals surface area contributed by atoms with Gasteiger partial charge in [0.2, 0.25) is 21.5 Å². The summed E-state index contributed by atoms with van der Waals surface area (Å²) in [5.41, 5.74) is 4.53. The lowest BCUT2D eigenvalue weighted by atomic mass is 9.90. The standard InChI is InChI=1S/C65H85Cl3N6O13S/c1-15-39(5)55(61(80)84-36-65(66,67)68)71-54(75)34-73(12)59(78)51(32-44-26-28-45(33-69)29-27-44)74(13)58(77)43(9)70-57(76)53(31-38(3)4)86-60(79)41(7)25-30-52(85-37-88-14)42(8)56(40(6)16-2)87-62(81)64(10,11)72-63(82)83-35-50-48-23-19-17-21-46(48)47-22-18-20-24-49(47)50/h16-29,38-39,42-43,50-53,55-56H,15,30-32,34-37H2,1-14H3,(H,70,76)(H,71,75)(H,72,82)/b40-16+,41-25+/t39-,42+,43+,51-,52+,53-,55+,56-/m1/s1. The van der Waals surface area contributed by atoms with E-state index in [9.17, 15) is 43.6 Å². The van der Waals surface area contributed by atoms with Crippen LogP contribution in [-0.4, -0.2) is 149 Å². The summed E-state index contributed by atoms with van der Waals surface area (Å²) in [6.07, 6.45) is 2.34. The minimum absolute atomic E-state index is 0.0514. The second-order valence-electron chi connectivity index (χ2n) is 23.1. The Morgan fingerprint density at radius 2 is 1.43 bits per heavy atom. The SMILES string of the molecule is C/C=C(\C)[C@@H](OC(=O)C(C)(C)NC(=O)OCC1c2ccccc2-c2ccccc21)[C@@H](C)[C@H](C/C=C(\C)C(=O)O[C@H](CC(C)C)C(=O)N[C@@H](C)C(=O)N(C)[C@H](Cc1ccc(C#N)cc1)C(=O)N(C)CC(=O)N[C@H](C(=O)OCC(Cl)(Cl)Cl)[C@H](C)CC)OCSC. The molecule has 0 aromatic heterocycles. The van der Waals surface area contributed by atoms with Gasteiger partial charge in [-0.25, -0.2) is 19.2 Å². The number of esters is 3. The van der Waals surface area contributed by atoms with Crippen molar-refractivity contribution >= 4 is 94.2 Å². The van der Waals surface area contributed by atoms with E-state index in [1.807, 2.05) is 102 Å². The molecule has 4 rings (SSSR count). The second kappa shape index (κ2) is 34.4. The first-order valence-corrected chi connectivity index (χ1v) is 31.7. The Kier molecular flexibility index (Phi) is 28.8. The molecule has 23 heteroatoms. The number of alkyl halides is 3. The number of hydrogen-bond donors (Lipinski definition) is 3. The zero-order valence-electron chi connectivity index (χ0n) is 52.7. The molecule has 0 spiro atoms. The lowest BCUT2D eigenvalue weighted by Crippen LogP contribution is -2.56. The second-order valence-corrected chi connectivity index (χ2v) is 26.4. The highest BCUT2D eigenvalue weighted by Gasteiger charge is 2.40. The number of benzene rings is 3. The van der Waals surface area contributed by atoms with Crippen LogP contribution >= 0.6 is 46.6 Å². The molecule has 88 heavy (non-hydrogen) atoms. The highest BCUT2D eigenvalue weighted by Crippen LogP contribution is 2.44. The van der Waals surface area contributed by atoms with E-state index in [0.717, 1.165) is 32.1 Å². The van der Waals surface area contributed by atoms with Crippen LogP contribution in [0.25, 0.3) is 11.1 Å². The molecule has 19 nitrogen and oxygen atoms in total. The molecule has 1 aliphatic rings. The molecule has 0 fully saturated rings. The Bertz CT molecular complexity index is 2990. The van der Waals surface area contributed by atoms with Gasteiger partial charge in [0, 0.05) is 37.9 Å². The zero-order valence-corrected chi connectivity index (χ0v) is 55.8. The summed E-state index contributed by atoms with van der Waals surface area (Å²) in [5, 5.41) is 17.4. The van der Waals surface area contributed by atoms with Gasteiger partial charge >= 0.3 is 24.0 Å². The monoisotopic (exact) mass is 1290 g/mol. The first-order valence-electron chi connectivity index (χ1n) is 29.2. The third-order valence-electron chi connectivity index (χ3n) is 15.3. The van der Waals surface area contributed by atoms with Crippen molar-refractivity contribution < 1.29 is 62.0 Å². The number of nitrogens with one attached hydrogen (secondary N) is 3. The number of nitrogens with zero attached hydrogens (tertiary/aromatic N) is 3. The van der Waals surface area contributed by atoms with Gasteiger partial charge in [0.25, 0.3) is 5.91 Å². The highest BCUT2D eigenvalue weighted by molar-refractivity contribution is 7.98. The van der Waals surface area contributed by atoms with Crippen molar-refractivity contribution in [3.05, 3.63) is 118 Å². The highest BCUT2D eigenvalue weighted by atomic mass is 35.6. The Balaban J connectivity index is 1.46. The average Bonchev–Trinajstić information content (AvgIpc) is 3.67. The molecule has 3 aromatic rings. The van der Waals surface area contributed by atoms with Gasteiger partial charge in [-0.1, -0.05) is 149 Å². The van der Waals surface area contributed by atoms with Gasteiger partial charge in [0.1, 0.15) is 43.0 Å². The van der Waals surface area contributed by atoms with E-state index in [-0.39, 0.29) is 49.2 Å². The number of carbonyl (C=O) groups is 8. The van der Waals surface area contributed by atoms with E-state index in [1.54, 1.807) is 44.2 Å². The normalized spacial score (nSPS) is 15.3. The Morgan fingerprint density at radius 3 is 1.98 bits per heavy atom. The van der Waals surface area contributed by atoms with Crippen molar-refractivity contribution in [3.8, 4) is 17.2 Å². The zero-order chi connectivity index (χ0) is 65.8. The summed E-state index contributed by atoms with van der Waals surface area (Å²) in [5.74, 6) is -6.22. The van der Waals surface area contributed by atoms with Crippen molar-refractivity contribution in [2.45, 2.75) is 154 Å². The van der Waals surface area contributed by atoms with Crippen molar-refractivity contribution in [3.63, 3.8) is 0 Å². The quantitative estimate of drug-likeness (QED) is 0.0135. The molecule has 0 unspecified atom stereocenters. The van der Waals surface area contributed by atoms with Crippen LogP contribution in [0, 0.1) is 29.1 Å². The third-order valence-corrected chi connectivity index (χ3v) is 16.0. The maximum Gasteiger partial charge on any atom is 0.408 e. The first-order chi connectivity index (χ1) is 41.4. The fraction of sp³-hybridized carbons (Fsp3) is 0.523. The topological polar surface area (TPSA) is 249 Å². The van der Waals surface area contributed by atoms with Crippen molar-refractivity contribution in [1.29, 1.82) is 5.26 Å². The minimum Gasteiger partial charge on any atom is -0.460 e. The van der Waals surface area contributed by atoms with Crippen LogP contribution in [0.4, 0.5) is 4.79 Å². The number of amides is 5. The number of halogens is 3. The van der Waals surface area contributed by atoms with Gasteiger partial charge in [-0.15, -0.1) is 11.8 Å². The average molecular weight is 1300 g/mol. The number of carbonyl (C=O) groups excluding carboxylic acids is 8. The molecule has 5 amide bonds. The maximum absolute atomic E-state index is 14.4. The van der Waals surface area contributed by atoms with Gasteiger partial charge in [-0.2, -0.15) is 5.26 Å². The number of nitriles is 1. The van der Waals surface area contributed by atoms with Crippen LogP contribution in [-0.2, 0) is 63.7 Å². The number of ether oxygens (including phenoxy) is 5. The first kappa shape index (κ1) is 73.8. The Hall–Kier alpha value is -6.63. The van der Waals surface area contributed by atoms with Gasteiger partial charge < -0.3 is 49.4 Å². The fourth-order valence-corrected chi connectivity index (χ4v) is 10.3. The van der Waals surface area contributed by atoms with E-state index < -0.39 is 118 Å². The summed E-state index contributed by atoms with van der Waals surface area (Å²) >= 11 is 18.8. The van der Waals surface area contributed by atoms with Crippen molar-refractivity contribution in [1.82, 2.24) is 25.8 Å². The maximum atomic E-state index is 14.4. The van der Waals surface area contributed by atoms with E-state index in [0.29, 0.717) is 23.1 Å². The lowest BCUT2D eigenvalue weighted by molar-refractivity contribution is -0.158. The molecule has 3 aromatic carbocycles. The van der Waals surface area contributed by atoms with Gasteiger partial charge in [0.05, 0.1) is 30.2 Å². The molecule has 0 saturated carbocycles. The van der Waals surface area contributed by atoms with E-state index in [1.165, 1.54) is 53.6 Å². The van der Waals surface area contributed by atoms with Gasteiger partial charge in [0.15, 0.2) is 6.10 Å². The molecule has 1 aliphatic carbocycles. The summed E-state index contributed by atoms with van der Waals surface area (Å²) in [6.45, 7) is 17.7. The van der Waals surface area contributed by atoms with E-state index in [4.69, 9.17) is 58.5 Å². The molecule has 8 atom stereocenters. The smallest absolute Gasteiger partial charge is 0.408 e. The van der Waals surface area contributed by atoms with Crippen LogP contribution in [0.1, 0.15) is 124 Å². The van der Waals surface area contributed by atoms with Crippen LogP contribution in [0.2, 0.25) is 0 Å². The molecular weight excluding hydrogens is 1210 g/mol. The van der Waals surface area contributed by atoms with Crippen LogP contribution in [0.5, 0.6) is 0 Å². The predicted octanol–water partition coefficient (Wildman–Crippen LogP) is 10.2. The number of fused-ring (bicyclic) bond motifs is 3. The van der Waals surface area contributed by atoms with E-state index in [2.05, 4.69) is 16.0 Å². The third kappa shape index (κ3) is 21.6. The molecule has 0 radical (unpaired) electrons. The minimum atomic E-state index is -1.89. The fourth-order valence-electron chi connectivity index (χ4n) is 9.84. The van der Waals surface area contributed by atoms with Crippen molar-refractivity contribution in [2.75, 3.05) is 46.0 Å². The number of likely N-dealkylation sites (N-methyl/N-ethyl adjacent to an activating group) is 2. The number of allylic oxidation sites excluding steroid dienone is 1. The number of thioether (sulfide) groups is 1. The largest absolute Gasteiger partial charge is 0.460 e. The summed E-state index contributed by atoms with van der Waals surface area (Å²) in [6, 6.07) is 20.7. The molecule has 0 saturated heterocycles. The molecule has 0 heterocycles. The van der Waals surface area contributed by atoms with Crippen LogP contribution in [0.15, 0.2) is 96.1 Å². The Morgan fingerprint density at radius 1 is 0.830 bits per heavy atom. The van der Waals surface area contributed by atoms with Crippen molar-refractivity contribution in [2.24, 2.45) is 17.8 Å². The molecule has 0 aliphatic heterocycles. The molecule has 480 valence electrons. The number of alkyl carbamates (subject to hydrolysis) is 1. The predicted molar refractivity (Wildman–Crippen MR) is 341 cm³/mol. The summed E-state index contributed by atoms with van der Waals surface area (Å²) < 4.78 is 27.4. The number of hydrogen-bond acceptors (Lipinski definition) is 15. The molecule has 3 N–H and O–H groups in total. The summed E-state index contributed by atoms with van der Waals surface area (Å²) in [7, 11) is 2.73. The molecule has 0 bridgehead atoms. The number of rotatable bonds is 31. The van der Waals surface area contributed by atoms with Gasteiger partial charge in [-0.05, 0) is 118 Å². The van der Waals surface area contributed by atoms with E-state index >= 15 is 0 Å². The summed E-state index contributed by atoms with van der Waals surface area (Å²) in [4.78, 5) is 113. The van der Waals surface area contributed by atoms with Crippen LogP contribution < -0.4 is 16.0 Å². The molecular formula is C65H85Cl3N6O13S. The lowest BCUT2D eigenvalue weighted by Gasteiger charge is -2.34. The Labute approximate surface area is 537 Å².